The maximum absolute atomic E-state index is 11.5. The zero-order valence-corrected chi connectivity index (χ0v) is 11.7. The normalized spacial score (nSPS) is 10.1. The van der Waals surface area contributed by atoms with Gasteiger partial charge >= 0.3 is 0 Å². The van der Waals surface area contributed by atoms with Gasteiger partial charge in [-0.1, -0.05) is 19.9 Å². The van der Waals surface area contributed by atoms with Crippen LogP contribution >= 0.6 is 12.2 Å². The summed E-state index contributed by atoms with van der Waals surface area (Å²) in [5.41, 5.74) is 0.972. The van der Waals surface area contributed by atoms with Crippen LogP contribution in [0.3, 0.4) is 0 Å². The van der Waals surface area contributed by atoms with Gasteiger partial charge in [0.25, 0.3) is 5.69 Å². The Hall–Kier alpha value is -2.02. The number of nitro groups is 1. The van der Waals surface area contributed by atoms with Crippen LogP contribution in [0.2, 0.25) is 0 Å². The molecule has 0 atom stereocenters. The lowest BCUT2D eigenvalue weighted by atomic mass is 10.1. The Bertz CT molecular complexity index is 529. The maximum atomic E-state index is 11.5. The van der Waals surface area contributed by atoms with Gasteiger partial charge in [0.2, 0.25) is 5.91 Å². The number of carbonyl (C=O) groups excluding carboxylic acids is 1. The second-order valence-corrected chi connectivity index (χ2v) is 4.71. The molecule has 1 amide bonds. The minimum atomic E-state index is -0.462. The van der Waals surface area contributed by atoms with Gasteiger partial charge < -0.3 is 10.6 Å². The van der Waals surface area contributed by atoms with Crippen LogP contribution in [-0.2, 0) is 4.79 Å². The molecule has 2 N–H and O–H groups in total. The molecule has 6 nitrogen and oxygen atoms in total. The van der Waals surface area contributed by atoms with Crippen LogP contribution in [0.25, 0.3) is 0 Å². The largest absolute Gasteiger partial charge is 0.332 e. The molecule has 0 aromatic heterocycles. The Morgan fingerprint density at radius 2 is 2.05 bits per heavy atom. The summed E-state index contributed by atoms with van der Waals surface area (Å²) >= 11 is 4.99. The van der Waals surface area contributed by atoms with E-state index in [1.165, 1.54) is 6.07 Å². The molecular formula is C12H15N3O3S. The van der Waals surface area contributed by atoms with Crippen molar-refractivity contribution in [3.05, 3.63) is 33.9 Å². The van der Waals surface area contributed by atoms with Gasteiger partial charge in [-0.15, -0.1) is 0 Å². The first kappa shape index (κ1) is 15.0. The smallest absolute Gasteiger partial charge is 0.274 e. The van der Waals surface area contributed by atoms with E-state index in [2.05, 4.69) is 10.6 Å². The topological polar surface area (TPSA) is 84.3 Å². The van der Waals surface area contributed by atoms with Crippen molar-refractivity contribution in [1.29, 1.82) is 0 Å². The highest BCUT2D eigenvalue weighted by Gasteiger charge is 2.15. The van der Waals surface area contributed by atoms with Crippen LogP contribution in [0, 0.1) is 23.0 Å². The van der Waals surface area contributed by atoms with Crippen LogP contribution in [0.5, 0.6) is 0 Å². The SMILES string of the molecule is Cc1c(NC(=S)NC(=O)C(C)C)cccc1[N+](=O)[O-]. The number of nitrogens with zero attached hydrogens (tertiary/aromatic N) is 1. The number of amides is 1. The zero-order chi connectivity index (χ0) is 14.6. The van der Waals surface area contributed by atoms with E-state index in [1.54, 1.807) is 32.9 Å². The molecule has 0 saturated carbocycles. The van der Waals surface area contributed by atoms with E-state index in [4.69, 9.17) is 12.2 Å². The summed E-state index contributed by atoms with van der Waals surface area (Å²) in [4.78, 5) is 21.8. The Morgan fingerprint density at radius 1 is 1.42 bits per heavy atom. The van der Waals surface area contributed by atoms with E-state index in [0.717, 1.165) is 0 Å². The van der Waals surface area contributed by atoms with E-state index in [0.29, 0.717) is 11.3 Å². The van der Waals surface area contributed by atoms with Gasteiger partial charge in [-0.05, 0) is 25.2 Å². The molecule has 0 heterocycles. The minimum Gasteiger partial charge on any atom is -0.332 e. The molecule has 0 radical (unpaired) electrons. The van der Waals surface area contributed by atoms with Gasteiger partial charge in [0.15, 0.2) is 5.11 Å². The summed E-state index contributed by atoms with van der Waals surface area (Å²) in [5, 5.41) is 16.2. The summed E-state index contributed by atoms with van der Waals surface area (Å²) < 4.78 is 0. The molecule has 0 aliphatic rings. The molecule has 0 bridgehead atoms. The number of hydrogen-bond acceptors (Lipinski definition) is 4. The first-order chi connectivity index (χ1) is 8.82. The van der Waals surface area contributed by atoms with Crippen LogP contribution in [0.15, 0.2) is 18.2 Å². The van der Waals surface area contributed by atoms with E-state index >= 15 is 0 Å². The standard InChI is InChI=1S/C12H15N3O3S/c1-7(2)11(16)14-12(19)13-9-5-4-6-10(8(9)3)15(17)18/h4-7H,1-3H3,(H2,13,14,16,19). The average Bonchev–Trinajstić information content (AvgIpc) is 2.31. The molecule has 0 aliphatic carbocycles. The van der Waals surface area contributed by atoms with Crippen molar-refractivity contribution >= 4 is 34.6 Å². The summed E-state index contributed by atoms with van der Waals surface area (Å²) in [6.45, 7) is 5.11. The third-order valence-electron chi connectivity index (χ3n) is 2.51. The van der Waals surface area contributed by atoms with E-state index in [9.17, 15) is 14.9 Å². The fourth-order valence-corrected chi connectivity index (χ4v) is 1.58. The lowest BCUT2D eigenvalue weighted by Crippen LogP contribution is -2.36. The molecule has 1 rings (SSSR count). The van der Waals surface area contributed by atoms with Crippen LogP contribution in [0.4, 0.5) is 11.4 Å². The molecule has 1 aromatic rings. The van der Waals surface area contributed by atoms with E-state index in [1.807, 2.05) is 0 Å². The molecular weight excluding hydrogens is 266 g/mol. The Balaban J connectivity index is 2.83. The van der Waals surface area contributed by atoms with Crippen molar-refractivity contribution in [3.8, 4) is 0 Å². The number of carbonyl (C=O) groups is 1. The average molecular weight is 281 g/mol. The monoisotopic (exact) mass is 281 g/mol. The van der Waals surface area contributed by atoms with E-state index < -0.39 is 4.92 Å². The predicted octanol–water partition coefficient (Wildman–Crippen LogP) is 2.37. The first-order valence-electron chi connectivity index (χ1n) is 5.68. The second-order valence-electron chi connectivity index (χ2n) is 4.30. The minimum absolute atomic E-state index is 0.00276. The first-order valence-corrected chi connectivity index (χ1v) is 6.09. The number of anilines is 1. The van der Waals surface area contributed by atoms with Crippen molar-refractivity contribution in [2.45, 2.75) is 20.8 Å². The number of thiocarbonyl (C=S) groups is 1. The van der Waals surface area contributed by atoms with Gasteiger partial charge in [0.1, 0.15) is 0 Å². The van der Waals surface area contributed by atoms with Crippen molar-refractivity contribution in [3.63, 3.8) is 0 Å². The number of nitro benzene ring substituents is 1. The maximum Gasteiger partial charge on any atom is 0.274 e. The fourth-order valence-electron chi connectivity index (χ4n) is 1.37. The molecule has 0 fully saturated rings. The molecule has 0 saturated heterocycles. The molecule has 102 valence electrons. The van der Waals surface area contributed by atoms with Gasteiger partial charge in [-0.3, -0.25) is 14.9 Å². The van der Waals surface area contributed by atoms with Gasteiger partial charge in [0, 0.05) is 12.0 Å². The highest BCUT2D eigenvalue weighted by Crippen LogP contribution is 2.24. The summed E-state index contributed by atoms with van der Waals surface area (Å²) in [5.74, 6) is -0.397. The second kappa shape index (κ2) is 6.24. The van der Waals surface area contributed by atoms with Crippen LogP contribution < -0.4 is 10.6 Å². The number of nitrogens with one attached hydrogen (secondary N) is 2. The van der Waals surface area contributed by atoms with Crippen molar-refractivity contribution in [2.75, 3.05) is 5.32 Å². The van der Waals surface area contributed by atoms with Crippen molar-refractivity contribution in [2.24, 2.45) is 5.92 Å². The van der Waals surface area contributed by atoms with Crippen molar-refractivity contribution < 1.29 is 9.72 Å². The summed E-state index contributed by atoms with van der Waals surface area (Å²) in [6, 6.07) is 4.63. The van der Waals surface area contributed by atoms with Gasteiger partial charge in [-0.2, -0.15) is 0 Å². The lowest BCUT2D eigenvalue weighted by Gasteiger charge is -2.12. The van der Waals surface area contributed by atoms with Gasteiger partial charge in [-0.25, -0.2) is 0 Å². The van der Waals surface area contributed by atoms with Crippen LogP contribution in [0.1, 0.15) is 19.4 Å². The number of benzene rings is 1. The third kappa shape index (κ3) is 3.99. The molecule has 7 heteroatoms. The summed E-state index contributed by atoms with van der Waals surface area (Å²) in [6.07, 6.45) is 0. The highest BCUT2D eigenvalue weighted by molar-refractivity contribution is 7.80. The lowest BCUT2D eigenvalue weighted by molar-refractivity contribution is -0.385. The summed E-state index contributed by atoms with van der Waals surface area (Å²) in [7, 11) is 0. The molecule has 0 unspecified atom stereocenters. The molecule has 0 aliphatic heterocycles. The van der Waals surface area contributed by atoms with Crippen LogP contribution in [-0.4, -0.2) is 15.9 Å². The Kier molecular flexibility index (Phi) is 4.94. The fraction of sp³-hybridized carbons (Fsp3) is 0.333. The molecule has 0 spiro atoms. The highest BCUT2D eigenvalue weighted by atomic mass is 32.1. The molecule has 1 aromatic carbocycles. The predicted molar refractivity (Wildman–Crippen MR) is 77.0 cm³/mol. The Labute approximate surface area is 116 Å². The number of hydrogen-bond donors (Lipinski definition) is 2. The molecule has 19 heavy (non-hydrogen) atoms. The zero-order valence-electron chi connectivity index (χ0n) is 10.9. The third-order valence-corrected chi connectivity index (χ3v) is 2.72. The quantitative estimate of drug-likeness (QED) is 0.505. The van der Waals surface area contributed by atoms with Gasteiger partial charge in [0.05, 0.1) is 16.2 Å². The number of rotatable bonds is 3. The van der Waals surface area contributed by atoms with E-state index in [-0.39, 0.29) is 22.6 Å². The Morgan fingerprint density at radius 3 is 2.58 bits per heavy atom. The van der Waals surface area contributed by atoms with Crippen molar-refractivity contribution in [1.82, 2.24) is 5.32 Å².